The lowest BCUT2D eigenvalue weighted by molar-refractivity contribution is -0.274. The largest absolute Gasteiger partial charge is 0.573 e. The molecule has 0 saturated carbocycles. The standard InChI is InChI=1S/C16H24F3NO/c1-3-5-14(20-12-4-2)9-6-13-7-10-15(11-8-13)21-16(17,18)19/h7-8,10-11,14,20H,3-6,9,12H2,1-2H3. The van der Waals surface area contributed by atoms with Crippen molar-refractivity contribution in [3.63, 3.8) is 0 Å². The molecule has 0 aliphatic carbocycles. The van der Waals surface area contributed by atoms with E-state index in [9.17, 15) is 13.2 Å². The lowest BCUT2D eigenvalue weighted by atomic mass is 10.0. The fourth-order valence-corrected chi connectivity index (χ4v) is 2.24. The van der Waals surface area contributed by atoms with Crippen molar-refractivity contribution >= 4 is 0 Å². The van der Waals surface area contributed by atoms with E-state index in [4.69, 9.17) is 0 Å². The van der Waals surface area contributed by atoms with Gasteiger partial charge in [0, 0.05) is 6.04 Å². The van der Waals surface area contributed by atoms with Gasteiger partial charge < -0.3 is 10.1 Å². The Morgan fingerprint density at radius 2 is 1.71 bits per heavy atom. The lowest BCUT2D eigenvalue weighted by Crippen LogP contribution is -2.30. The van der Waals surface area contributed by atoms with Crippen molar-refractivity contribution < 1.29 is 17.9 Å². The molecule has 0 fully saturated rings. The molecule has 0 amide bonds. The van der Waals surface area contributed by atoms with Crippen LogP contribution in [-0.4, -0.2) is 18.9 Å². The molecule has 2 nitrogen and oxygen atoms in total. The van der Waals surface area contributed by atoms with Crippen LogP contribution in [0.5, 0.6) is 5.75 Å². The monoisotopic (exact) mass is 303 g/mol. The molecule has 0 heterocycles. The number of aryl methyl sites for hydroxylation is 1. The van der Waals surface area contributed by atoms with Crippen molar-refractivity contribution in [3.8, 4) is 5.75 Å². The van der Waals surface area contributed by atoms with Crippen LogP contribution in [0.4, 0.5) is 13.2 Å². The van der Waals surface area contributed by atoms with Crippen molar-refractivity contribution in [2.45, 2.75) is 58.4 Å². The molecule has 1 rings (SSSR count). The molecule has 0 aromatic heterocycles. The number of rotatable bonds is 9. The maximum atomic E-state index is 12.1. The van der Waals surface area contributed by atoms with E-state index in [1.54, 1.807) is 12.1 Å². The van der Waals surface area contributed by atoms with Gasteiger partial charge in [0.25, 0.3) is 0 Å². The van der Waals surface area contributed by atoms with Crippen LogP contribution in [-0.2, 0) is 6.42 Å². The third-order valence-corrected chi connectivity index (χ3v) is 3.26. The summed E-state index contributed by atoms with van der Waals surface area (Å²) < 4.78 is 40.1. The molecule has 0 aliphatic rings. The Labute approximate surface area is 124 Å². The molecule has 0 radical (unpaired) electrons. The second-order valence-electron chi connectivity index (χ2n) is 5.17. The van der Waals surface area contributed by atoms with Crippen LogP contribution in [0, 0.1) is 0 Å². The predicted molar refractivity (Wildman–Crippen MR) is 78.4 cm³/mol. The maximum absolute atomic E-state index is 12.1. The number of hydrogen-bond donors (Lipinski definition) is 1. The third-order valence-electron chi connectivity index (χ3n) is 3.26. The molecular formula is C16H24F3NO. The van der Waals surface area contributed by atoms with E-state index in [0.29, 0.717) is 6.04 Å². The molecule has 1 N–H and O–H groups in total. The van der Waals surface area contributed by atoms with Gasteiger partial charge in [-0.2, -0.15) is 0 Å². The van der Waals surface area contributed by atoms with Crippen molar-refractivity contribution in [1.29, 1.82) is 0 Å². The van der Waals surface area contributed by atoms with Gasteiger partial charge in [-0.05, 0) is 49.9 Å². The zero-order valence-electron chi connectivity index (χ0n) is 12.7. The molecule has 0 saturated heterocycles. The minimum atomic E-state index is -4.63. The van der Waals surface area contributed by atoms with Crippen LogP contribution in [0.3, 0.4) is 0 Å². The predicted octanol–water partition coefficient (Wildman–Crippen LogP) is 4.69. The quantitative estimate of drug-likeness (QED) is 0.715. The van der Waals surface area contributed by atoms with Gasteiger partial charge in [-0.15, -0.1) is 13.2 Å². The summed E-state index contributed by atoms with van der Waals surface area (Å²) in [7, 11) is 0. The van der Waals surface area contributed by atoms with Gasteiger partial charge in [0.1, 0.15) is 5.75 Å². The van der Waals surface area contributed by atoms with Crippen LogP contribution in [0.15, 0.2) is 24.3 Å². The minimum absolute atomic E-state index is 0.166. The van der Waals surface area contributed by atoms with E-state index >= 15 is 0 Å². The molecule has 21 heavy (non-hydrogen) atoms. The summed E-state index contributed by atoms with van der Waals surface area (Å²) >= 11 is 0. The zero-order valence-corrected chi connectivity index (χ0v) is 12.7. The fraction of sp³-hybridized carbons (Fsp3) is 0.625. The van der Waals surface area contributed by atoms with Crippen LogP contribution in [0.2, 0.25) is 0 Å². The molecule has 1 atom stereocenters. The summed E-state index contributed by atoms with van der Waals surface area (Å²) in [5.41, 5.74) is 1.03. The number of nitrogens with one attached hydrogen (secondary N) is 1. The summed E-state index contributed by atoms with van der Waals surface area (Å²) in [5.74, 6) is -0.166. The van der Waals surface area contributed by atoms with Crippen LogP contribution in [0.25, 0.3) is 0 Å². The zero-order chi connectivity index (χ0) is 15.7. The van der Waals surface area contributed by atoms with E-state index in [1.807, 2.05) is 0 Å². The Hall–Kier alpha value is -1.23. The van der Waals surface area contributed by atoms with Crippen LogP contribution < -0.4 is 10.1 Å². The molecule has 0 spiro atoms. The average molecular weight is 303 g/mol. The number of alkyl halides is 3. The minimum Gasteiger partial charge on any atom is -0.406 e. The molecule has 1 unspecified atom stereocenters. The first-order valence-corrected chi connectivity index (χ1v) is 7.52. The highest BCUT2D eigenvalue weighted by atomic mass is 19.4. The van der Waals surface area contributed by atoms with Gasteiger partial charge in [0.05, 0.1) is 0 Å². The topological polar surface area (TPSA) is 21.3 Å². The van der Waals surface area contributed by atoms with E-state index < -0.39 is 6.36 Å². The van der Waals surface area contributed by atoms with Crippen LogP contribution in [0.1, 0.15) is 45.1 Å². The molecule has 0 bridgehead atoms. The normalized spacial score (nSPS) is 13.2. The average Bonchev–Trinajstić information content (AvgIpc) is 2.42. The molecule has 1 aromatic carbocycles. The second-order valence-corrected chi connectivity index (χ2v) is 5.17. The van der Waals surface area contributed by atoms with Crippen LogP contribution >= 0.6 is 0 Å². The Balaban J connectivity index is 2.46. The smallest absolute Gasteiger partial charge is 0.406 e. The Kier molecular flexibility index (Phi) is 7.57. The first kappa shape index (κ1) is 17.8. The summed E-state index contributed by atoms with van der Waals surface area (Å²) in [6, 6.07) is 6.61. The van der Waals surface area contributed by atoms with Gasteiger partial charge in [-0.1, -0.05) is 32.4 Å². The van der Waals surface area contributed by atoms with Gasteiger partial charge in [-0.3, -0.25) is 0 Å². The highest BCUT2D eigenvalue weighted by Crippen LogP contribution is 2.23. The molecule has 120 valence electrons. The van der Waals surface area contributed by atoms with Gasteiger partial charge in [0.15, 0.2) is 0 Å². The fourth-order valence-electron chi connectivity index (χ4n) is 2.24. The van der Waals surface area contributed by atoms with Crippen molar-refractivity contribution in [1.82, 2.24) is 5.32 Å². The van der Waals surface area contributed by atoms with E-state index in [0.717, 1.165) is 44.2 Å². The van der Waals surface area contributed by atoms with Gasteiger partial charge in [0.2, 0.25) is 0 Å². The van der Waals surface area contributed by atoms with Gasteiger partial charge in [-0.25, -0.2) is 0 Å². The highest BCUT2D eigenvalue weighted by Gasteiger charge is 2.30. The Morgan fingerprint density at radius 3 is 2.24 bits per heavy atom. The Morgan fingerprint density at radius 1 is 1.05 bits per heavy atom. The Bertz CT molecular complexity index is 390. The molecule has 1 aromatic rings. The molecule has 5 heteroatoms. The third kappa shape index (κ3) is 7.95. The van der Waals surface area contributed by atoms with Crippen molar-refractivity contribution in [2.75, 3.05) is 6.54 Å². The van der Waals surface area contributed by atoms with Crippen molar-refractivity contribution in [2.24, 2.45) is 0 Å². The van der Waals surface area contributed by atoms with E-state index in [-0.39, 0.29) is 5.75 Å². The summed E-state index contributed by atoms with van der Waals surface area (Å²) in [4.78, 5) is 0. The number of hydrogen-bond acceptors (Lipinski definition) is 2. The van der Waals surface area contributed by atoms with E-state index in [1.165, 1.54) is 12.1 Å². The lowest BCUT2D eigenvalue weighted by Gasteiger charge is -2.17. The second kappa shape index (κ2) is 8.93. The highest BCUT2D eigenvalue weighted by molar-refractivity contribution is 5.27. The number of ether oxygens (including phenoxy) is 1. The summed E-state index contributed by atoms with van der Waals surface area (Å²) in [6.07, 6.45) is 0.567. The summed E-state index contributed by atoms with van der Waals surface area (Å²) in [5, 5.41) is 3.51. The molecular weight excluding hydrogens is 279 g/mol. The first-order valence-electron chi connectivity index (χ1n) is 7.52. The number of benzene rings is 1. The first-order chi connectivity index (χ1) is 9.94. The van der Waals surface area contributed by atoms with Crippen molar-refractivity contribution in [3.05, 3.63) is 29.8 Å². The maximum Gasteiger partial charge on any atom is 0.573 e. The van der Waals surface area contributed by atoms with E-state index in [2.05, 4.69) is 23.9 Å². The molecule has 0 aliphatic heterocycles. The SMILES string of the molecule is CCCNC(CCC)CCc1ccc(OC(F)(F)F)cc1. The number of halogens is 3. The van der Waals surface area contributed by atoms with Gasteiger partial charge >= 0.3 is 6.36 Å². The summed E-state index contributed by atoms with van der Waals surface area (Å²) in [6.45, 7) is 5.29.